The molecule has 0 aliphatic carbocycles. The quantitative estimate of drug-likeness (QED) is 0.894. The van der Waals surface area contributed by atoms with Crippen LogP contribution in [-0.2, 0) is 4.74 Å². The number of amides is 1. The predicted octanol–water partition coefficient (Wildman–Crippen LogP) is 1.98. The Hall–Kier alpha value is -1.39. The number of carbonyl (C=O) groups is 1. The van der Waals surface area contributed by atoms with Gasteiger partial charge in [0.1, 0.15) is 0 Å². The molecule has 0 spiro atoms. The predicted molar refractivity (Wildman–Crippen MR) is 82.7 cm³/mol. The molecule has 1 aromatic carbocycles. The Balaban J connectivity index is 1.74. The molecule has 0 radical (unpaired) electrons. The fourth-order valence-electron chi connectivity index (χ4n) is 3.27. The van der Waals surface area contributed by atoms with Gasteiger partial charge in [-0.25, -0.2) is 0 Å². The second-order valence-corrected chi connectivity index (χ2v) is 6.13. The van der Waals surface area contributed by atoms with Crippen molar-refractivity contribution < 1.29 is 9.53 Å². The zero-order valence-corrected chi connectivity index (χ0v) is 12.7. The maximum atomic E-state index is 12.4. The SMILES string of the molecule is Cc1ccc(C(=O)NC2CCOC2)cc1C1CCNCC1. The zero-order valence-electron chi connectivity index (χ0n) is 12.7. The van der Waals surface area contributed by atoms with Crippen LogP contribution >= 0.6 is 0 Å². The third-order valence-electron chi connectivity index (χ3n) is 4.59. The van der Waals surface area contributed by atoms with E-state index in [9.17, 15) is 4.79 Å². The van der Waals surface area contributed by atoms with Crippen LogP contribution in [-0.4, -0.2) is 38.3 Å². The lowest BCUT2D eigenvalue weighted by atomic mass is 9.86. The molecular formula is C17H24N2O2. The third kappa shape index (κ3) is 3.44. The van der Waals surface area contributed by atoms with Crippen molar-refractivity contribution in [2.24, 2.45) is 0 Å². The van der Waals surface area contributed by atoms with Crippen LogP contribution in [0.1, 0.15) is 46.7 Å². The van der Waals surface area contributed by atoms with E-state index in [1.807, 2.05) is 6.07 Å². The highest BCUT2D eigenvalue weighted by Crippen LogP contribution is 2.28. The Morgan fingerprint density at radius 3 is 2.81 bits per heavy atom. The fraction of sp³-hybridized carbons (Fsp3) is 0.588. The number of carbonyl (C=O) groups excluding carboxylic acids is 1. The molecule has 1 amide bonds. The molecule has 2 saturated heterocycles. The van der Waals surface area contributed by atoms with Gasteiger partial charge in [-0.1, -0.05) is 6.07 Å². The molecule has 3 rings (SSSR count). The van der Waals surface area contributed by atoms with Gasteiger partial charge < -0.3 is 15.4 Å². The Bertz CT molecular complexity index is 504. The molecule has 2 aliphatic heterocycles. The Kier molecular flexibility index (Phi) is 4.56. The lowest BCUT2D eigenvalue weighted by Crippen LogP contribution is -2.35. The smallest absolute Gasteiger partial charge is 0.251 e. The largest absolute Gasteiger partial charge is 0.379 e. The normalized spacial score (nSPS) is 23.2. The summed E-state index contributed by atoms with van der Waals surface area (Å²) in [7, 11) is 0. The molecule has 0 aromatic heterocycles. The summed E-state index contributed by atoms with van der Waals surface area (Å²) in [5, 5.41) is 6.46. The van der Waals surface area contributed by atoms with Gasteiger partial charge in [0.2, 0.25) is 0 Å². The van der Waals surface area contributed by atoms with Crippen LogP contribution in [0.15, 0.2) is 18.2 Å². The summed E-state index contributed by atoms with van der Waals surface area (Å²) >= 11 is 0. The van der Waals surface area contributed by atoms with Crippen molar-refractivity contribution in [3.8, 4) is 0 Å². The number of benzene rings is 1. The number of hydrogen-bond donors (Lipinski definition) is 2. The minimum absolute atomic E-state index is 0.0284. The molecule has 1 unspecified atom stereocenters. The van der Waals surface area contributed by atoms with E-state index in [1.165, 1.54) is 11.1 Å². The highest BCUT2D eigenvalue weighted by molar-refractivity contribution is 5.94. The Morgan fingerprint density at radius 2 is 2.10 bits per heavy atom. The van der Waals surface area contributed by atoms with Crippen molar-refractivity contribution in [2.75, 3.05) is 26.3 Å². The van der Waals surface area contributed by atoms with Gasteiger partial charge in [0.05, 0.1) is 12.6 Å². The van der Waals surface area contributed by atoms with Crippen LogP contribution in [0.2, 0.25) is 0 Å². The van der Waals surface area contributed by atoms with Crippen molar-refractivity contribution in [1.82, 2.24) is 10.6 Å². The number of piperidine rings is 1. The Morgan fingerprint density at radius 1 is 1.29 bits per heavy atom. The number of rotatable bonds is 3. The molecule has 2 aliphatic rings. The average Bonchev–Trinajstić information content (AvgIpc) is 3.01. The highest BCUT2D eigenvalue weighted by Gasteiger charge is 2.21. The summed E-state index contributed by atoms with van der Waals surface area (Å²) in [4.78, 5) is 12.4. The van der Waals surface area contributed by atoms with E-state index in [0.29, 0.717) is 12.5 Å². The second kappa shape index (κ2) is 6.58. The van der Waals surface area contributed by atoms with E-state index in [0.717, 1.165) is 44.5 Å². The van der Waals surface area contributed by atoms with E-state index in [4.69, 9.17) is 4.74 Å². The van der Waals surface area contributed by atoms with Crippen LogP contribution in [0.5, 0.6) is 0 Å². The molecule has 2 heterocycles. The fourth-order valence-corrected chi connectivity index (χ4v) is 3.27. The molecule has 1 aromatic rings. The summed E-state index contributed by atoms with van der Waals surface area (Å²) in [5.74, 6) is 0.606. The molecule has 2 N–H and O–H groups in total. The monoisotopic (exact) mass is 288 g/mol. The molecule has 4 nitrogen and oxygen atoms in total. The zero-order chi connectivity index (χ0) is 14.7. The summed E-state index contributed by atoms with van der Waals surface area (Å²) < 4.78 is 5.31. The molecule has 2 fully saturated rings. The molecule has 4 heteroatoms. The van der Waals surface area contributed by atoms with E-state index < -0.39 is 0 Å². The van der Waals surface area contributed by atoms with Gasteiger partial charge >= 0.3 is 0 Å². The summed E-state index contributed by atoms with van der Waals surface area (Å²) in [6, 6.07) is 6.28. The topological polar surface area (TPSA) is 50.4 Å². The average molecular weight is 288 g/mol. The number of aryl methyl sites for hydroxylation is 1. The van der Waals surface area contributed by atoms with E-state index >= 15 is 0 Å². The van der Waals surface area contributed by atoms with E-state index in [2.05, 4.69) is 29.7 Å². The summed E-state index contributed by atoms with van der Waals surface area (Å²) in [5.41, 5.74) is 3.41. The first-order valence-electron chi connectivity index (χ1n) is 7.94. The number of hydrogen-bond acceptors (Lipinski definition) is 3. The Labute approximate surface area is 126 Å². The first-order chi connectivity index (χ1) is 10.2. The highest BCUT2D eigenvalue weighted by atomic mass is 16.5. The van der Waals surface area contributed by atoms with Crippen molar-refractivity contribution >= 4 is 5.91 Å². The summed E-state index contributed by atoms with van der Waals surface area (Å²) in [6.45, 7) is 5.67. The first-order valence-corrected chi connectivity index (χ1v) is 7.94. The van der Waals surface area contributed by atoms with Crippen LogP contribution in [0.4, 0.5) is 0 Å². The third-order valence-corrected chi connectivity index (χ3v) is 4.59. The molecule has 1 atom stereocenters. The lowest BCUT2D eigenvalue weighted by molar-refractivity contribution is 0.0930. The lowest BCUT2D eigenvalue weighted by Gasteiger charge is -2.25. The van der Waals surface area contributed by atoms with Gasteiger partial charge in [-0.15, -0.1) is 0 Å². The van der Waals surface area contributed by atoms with Crippen molar-refractivity contribution in [3.05, 3.63) is 34.9 Å². The van der Waals surface area contributed by atoms with Crippen molar-refractivity contribution in [2.45, 2.75) is 38.1 Å². The van der Waals surface area contributed by atoms with Gasteiger partial charge in [-0.2, -0.15) is 0 Å². The van der Waals surface area contributed by atoms with Crippen molar-refractivity contribution in [3.63, 3.8) is 0 Å². The number of ether oxygens (including phenoxy) is 1. The van der Waals surface area contributed by atoms with Crippen LogP contribution in [0, 0.1) is 6.92 Å². The molecule has 0 saturated carbocycles. The van der Waals surface area contributed by atoms with Gasteiger partial charge in [-0.3, -0.25) is 4.79 Å². The number of nitrogens with one attached hydrogen (secondary N) is 2. The van der Waals surface area contributed by atoms with Crippen LogP contribution in [0.25, 0.3) is 0 Å². The van der Waals surface area contributed by atoms with Gasteiger partial charge in [0.15, 0.2) is 0 Å². The molecule has 0 bridgehead atoms. The van der Waals surface area contributed by atoms with Gasteiger partial charge in [0.25, 0.3) is 5.91 Å². The summed E-state index contributed by atoms with van der Waals surface area (Å²) in [6.07, 6.45) is 3.23. The first kappa shape index (κ1) is 14.5. The maximum absolute atomic E-state index is 12.4. The van der Waals surface area contributed by atoms with Crippen LogP contribution < -0.4 is 10.6 Å². The van der Waals surface area contributed by atoms with Gasteiger partial charge in [0, 0.05) is 12.2 Å². The van der Waals surface area contributed by atoms with Gasteiger partial charge in [-0.05, 0) is 68.5 Å². The maximum Gasteiger partial charge on any atom is 0.251 e. The molecular weight excluding hydrogens is 264 g/mol. The van der Waals surface area contributed by atoms with Crippen LogP contribution in [0.3, 0.4) is 0 Å². The molecule has 21 heavy (non-hydrogen) atoms. The van der Waals surface area contributed by atoms with E-state index in [-0.39, 0.29) is 11.9 Å². The van der Waals surface area contributed by atoms with E-state index in [1.54, 1.807) is 0 Å². The standard InChI is InChI=1S/C17H24N2O2/c1-12-2-3-14(17(20)19-15-6-9-21-11-15)10-16(12)13-4-7-18-8-5-13/h2-3,10,13,15,18H,4-9,11H2,1H3,(H,19,20). The second-order valence-electron chi connectivity index (χ2n) is 6.13. The minimum Gasteiger partial charge on any atom is -0.379 e. The minimum atomic E-state index is 0.0284. The molecule has 114 valence electrons. The van der Waals surface area contributed by atoms with Crippen molar-refractivity contribution in [1.29, 1.82) is 0 Å².